The number of carbonyl (C=O) groups excluding carboxylic acids is 1. The molecule has 3 aromatic rings. The number of carbonyl (C=O) groups is 1. The van der Waals surface area contributed by atoms with Gasteiger partial charge < -0.3 is 10.2 Å². The second-order valence-corrected chi connectivity index (χ2v) is 7.43. The van der Waals surface area contributed by atoms with Gasteiger partial charge in [0.1, 0.15) is 5.56 Å². The maximum absolute atomic E-state index is 13.4. The van der Waals surface area contributed by atoms with Gasteiger partial charge in [-0.25, -0.2) is 18.3 Å². The van der Waals surface area contributed by atoms with Crippen LogP contribution in [0.25, 0.3) is 5.65 Å². The third-order valence-corrected chi connectivity index (χ3v) is 5.04. The molecule has 1 amide bonds. The molecule has 3 heterocycles. The lowest BCUT2D eigenvalue weighted by atomic mass is 9.82. The molecule has 1 fully saturated rings. The van der Waals surface area contributed by atoms with Crippen molar-refractivity contribution in [3.8, 4) is 0 Å². The average molecular weight is 389 g/mol. The third-order valence-electron chi connectivity index (χ3n) is 5.04. The van der Waals surface area contributed by atoms with E-state index in [9.17, 15) is 13.6 Å². The Bertz CT molecular complexity index is 1020. The van der Waals surface area contributed by atoms with Gasteiger partial charge in [-0.3, -0.25) is 9.48 Å². The number of fused-ring (bicyclic) bond motifs is 1. The fourth-order valence-electron chi connectivity index (χ4n) is 3.37. The number of hydrogen-bond acceptors (Lipinski definition) is 5. The Balaban J connectivity index is 1.60. The Morgan fingerprint density at radius 1 is 1.29 bits per heavy atom. The van der Waals surface area contributed by atoms with E-state index in [2.05, 4.69) is 27.4 Å². The summed E-state index contributed by atoms with van der Waals surface area (Å²) in [5.41, 5.74) is 0.965. The predicted molar refractivity (Wildman–Crippen MR) is 99.9 cm³/mol. The van der Waals surface area contributed by atoms with E-state index in [1.165, 1.54) is 21.6 Å². The molecule has 0 aromatic carbocycles. The van der Waals surface area contributed by atoms with Gasteiger partial charge in [-0.1, -0.05) is 6.92 Å². The van der Waals surface area contributed by atoms with Crippen molar-refractivity contribution in [2.45, 2.75) is 32.2 Å². The third kappa shape index (κ3) is 3.19. The van der Waals surface area contributed by atoms with Crippen molar-refractivity contribution < 1.29 is 13.6 Å². The Morgan fingerprint density at radius 3 is 2.68 bits per heavy atom. The van der Waals surface area contributed by atoms with Gasteiger partial charge in [-0.05, 0) is 18.8 Å². The number of hydrogen-bond donors (Lipinski definition) is 1. The van der Waals surface area contributed by atoms with Crippen molar-refractivity contribution in [3.63, 3.8) is 0 Å². The Kier molecular flexibility index (Phi) is 4.48. The highest BCUT2D eigenvalue weighted by Crippen LogP contribution is 2.38. The lowest BCUT2D eigenvalue weighted by molar-refractivity contribution is 0.102. The van der Waals surface area contributed by atoms with E-state index in [1.807, 2.05) is 19.0 Å². The zero-order chi connectivity index (χ0) is 20.0. The number of nitrogens with one attached hydrogen (secondary N) is 1. The van der Waals surface area contributed by atoms with Gasteiger partial charge in [-0.15, -0.1) is 0 Å². The molecule has 1 aliphatic carbocycles. The summed E-state index contributed by atoms with van der Waals surface area (Å²) >= 11 is 0. The fraction of sp³-hybridized carbons (Fsp3) is 0.444. The first-order chi connectivity index (χ1) is 13.3. The van der Waals surface area contributed by atoms with Crippen molar-refractivity contribution in [2.75, 3.05) is 24.3 Å². The summed E-state index contributed by atoms with van der Waals surface area (Å²) in [6.07, 6.45) is 5.22. The zero-order valence-electron chi connectivity index (χ0n) is 15.8. The number of alkyl halides is 2. The summed E-state index contributed by atoms with van der Waals surface area (Å²) in [5.74, 6) is 0.00249. The van der Waals surface area contributed by atoms with Crippen LogP contribution in [0, 0.1) is 5.92 Å². The molecule has 8 nitrogen and oxygen atoms in total. The molecule has 0 unspecified atom stereocenters. The largest absolute Gasteiger partial charge is 0.375 e. The molecule has 0 aliphatic heterocycles. The van der Waals surface area contributed by atoms with Crippen LogP contribution < -0.4 is 10.2 Å². The SMILES string of the molecule is CC1CC(n2cc(NC(=O)c3cnn4cc(N(C)C)cnc34)c(C(F)F)n2)C1. The maximum atomic E-state index is 13.4. The van der Waals surface area contributed by atoms with Gasteiger partial charge in [0.2, 0.25) is 0 Å². The summed E-state index contributed by atoms with van der Waals surface area (Å²) in [7, 11) is 3.73. The molecule has 0 radical (unpaired) electrons. The van der Waals surface area contributed by atoms with Crippen molar-refractivity contribution >= 4 is 22.9 Å². The second-order valence-electron chi connectivity index (χ2n) is 7.43. The minimum absolute atomic E-state index is 0.0174. The molecule has 10 heteroatoms. The number of halogens is 2. The topological polar surface area (TPSA) is 80.4 Å². The zero-order valence-corrected chi connectivity index (χ0v) is 15.8. The molecule has 28 heavy (non-hydrogen) atoms. The van der Waals surface area contributed by atoms with Gasteiger partial charge in [0.25, 0.3) is 12.3 Å². The molecule has 0 bridgehead atoms. The molecule has 3 aromatic heterocycles. The van der Waals surface area contributed by atoms with Crippen molar-refractivity contribution in [1.29, 1.82) is 0 Å². The predicted octanol–water partition coefficient (Wildman–Crippen LogP) is 3.15. The van der Waals surface area contributed by atoms with E-state index in [-0.39, 0.29) is 17.3 Å². The maximum Gasteiger partial charge on any atom is 0.284 e. The number of anilines is 2. The molecule has 1 saturated carbocycles. The van der Waals surface area contributed by atoms with Crippen LogP contribution in [0.2, 0.25) is 0 Å². The van der Waals surface area contributed by atoms with Crippen LogP contribution in [0.5, 0.6) is 0 Å². The van der Waals surface area contributed by atoms with Gasteiger partial charge in [0.15, 0.2) is 11.3 Å². The van der Waals surface area contributed by atoms with E-state index < -0.39 is 18.0 Å². The number of aromatic nitrogens is 5. The quantitative estimate of drug-likeness (QED) is 0.725. The molecular formula is C18H21F2N7O. The van der Waals surface area contributed by atoms with Crippen LogP contribution in [-0.4, -0.2) is 44.4 Å². The van der Waals surface area contributed by atoms with E-state index in [0.29, 0.717) is 11.6 Å². The standard InChI is InChI=1S/C18H21F2N7O/c1-10-4-11(5-10)26-9-14(15(24-26)16(19)20)23-18(28)13-7-22-27-8-12(25(2)3)6-21-17(13)27/h6-11,16H,4-5H2,1-3H3,(H,23,28). The first-order valence-electron chi connectivity index (χ1n) is 9.02. The van der Waals surface area contributed by atoms with Crippen LogP contribution in [0.4, 0.5) is 20.2 Å². The lowest BCUT2D eigenvalue weighted by Gasteiger charge is -2.32. The number of amides is 1. The first-order valence-corrected chi connectivity index (χ1v) is 9.02. The highest BCUT2D eigenvalue weighted by Gasteiger charge is 2.30. The van der Waals surface area contributed by atoms with Crippen molar-refractivity contribution in [1.82, 2.24) is 24.4 Å². The Hall–Kier alpha value is -3.04. The van der Waals surface area contributed by atoms with Crippen LogP contribution >= 0.6 is 0 Å². The van der Waals surface area contributed by atoms with E-state index in [0.717, 1.165) is 18.5 Å². The van der Waals surface area contributed by atoms with E-state index in [4.69, 9.17) is 0 Å². The molecule has 0 atom stereocenters. The summed E-state index contributed by atoms with van der Waals surface area (Å²) in [5, 5.41) is 10.7. The Labute approximate surface area is 160 Å². The molecular weight excluding hydrogens is 368 g/mol. The fourth-order valence-corrected chi connectivity index (χ4v) is 3.37. The van der Waals surface area contributed by atoms with E-state index >= 15 is 0 Å². The monoisotopic (exact) mass is 389 g/mol. The smallest absolute Gasteiger partial charge is 0.284 e. The molecule has 0 spiro atoms. The molecule has 1 N–H and O–H groups in total. The van der Waals surface area contributed by atoms with Crippen LogP contribution in [0.15, 0.2) is 24.8 Å². The lowest BCUT2D eigenvalue weighted by Crippen LogP contribution is -2.25. The Morgan fingerprint density at radius 2 is 2.04 bits per heavy atom. The van der Waals surface area contributed by atoms with Crippen molar-refractivity contribution in [3.05, 3.63) is 36.0 Å². The number of rotatable bonds is 5. The van der Waals surface area contributed by atoms with Gasteiger partial charge in [0.05, 0.1) is 36.0 Å². The van der Waals surface area contributed by atoms with Crippen LogP contribution in [0.1, 0.15) is 48.3 Å². The van der Waals surface area contributed by atoms with Crippen LogP contribution in [-0.2, 0) is 0 Å². The molecule has 148 valence electrons. The molecule has 0 saturated heterocycles. The summed E-state index contributed by atoms with van der Waals surface area (Å²) < 4.78 is 29.8. The van der Waals surface area contributed by atoms with E-state index in [1.54, 1.807) is 12.4 Å². The number of nitrogens with zero attached hydrogens (tertiary/aromatic N) is 6. The van der Waals surface area contributed by atoms with Crippen LogP contribution in [0.3, 0.4) is 0 Å². The normalized spacial score (nSPS) is 19.1. The van der Waals surface area contributed by atoms with Gasteiger partial charge in [0, 0.05) is 20.3 Å². The summed E-state index contributed by atoms with van der Waals surface area (Å²) in [6.45, 7) is 2.11. The second kappa shape index (κ2) is 6.84. The minimum atomic E-state index is -2.78. The minimum Gasteiger partial charge on any atom is -0.375 e. The summed E-state index contributed by atoms with van der Waals surface area (Å²) in [4.78, 5) is 18.8. The highest BCUT2D eigenvalue weighted by atomic mass is 19.3. The van der Waals surface area contributed by atoms with Gasteiger partial charge >= 0.3 is 0 Å². The highest BCUT2D eigenvalue weighted by molar-refractivity contribution is 6.08. The summed E-state index contributed by atoms with van der Waals surface area (Å²) in [6, 6.07) is 0.0984. The van der Waals surface area contributed by atoms with Crippen molar-refractivity contribution in [2.24, 2.45) is 5.92 Å². The van der Waals surface area contributed by atoms with Gasteiger partial charge in [-0.2, -0.15) is 10.2 Å². The molecule has 1 aliphatic rings. The first kappa shape index (κ1) is 18.3. The molecule has 4 rings (SSSR count). The average Bonchev–Trinajstić information content (AvgIpc) is 3.22.